The largest absolute Gasteiger partial charge is 0.450 e. The van der Waals surface area contributed by atoms with E-state index in [9.17, 15) is 19.7 Å². The number of ether oxygens (including phenoxy) is 2. The number of nitrogens with one attached hydrogen (secondary N) is 1. The number of nitro groups is 1. The minimum Gasteiger partial charge on any atom is -0.450 e. The maximum atomic E-state index is 12.7. The van der Waals surface area contributed by atoms with Crippen LogP contribution in [0.1, 0.15) is 36.7 Å². The fraction of sp³-hybridized carbons (Fsp3) is 0.167. The fourth-order valence-electron chi connectivity index (χ4n) is 2.94. The number of nitrogens with two attached hydrogens (primary N) is 1. The lowest BCUT2D eigenvalue weighted by Gasteiger charge is -2.19. The van der Waals surface area contributed by atoms with Crippen molar-refractivity contribution < 1.29 is 24.0 Å². The first-order valence-corrected chi connectivity index (χ1v) is 9.99. The number of carbonyl (C=O) groups excluding carboxylic acids is 2. The van der Waals surface area contributed by atoms with E-state index in [4.69, 9.17) is 15.2 Å². The van der Waals surface area contributed by atoms with E-state index < -0.39 is 28.0 Å². The standard InChI is InChI=1S/C24H23N3O6/c1-24(2,3)26-23(29)33-17-11-9-16(10-12-17)32-19-14-13-18(20(25)21(19)27(30)31)22(28)15-7-5-4-6-8-15/h4-14H,25H2,1-3H3,(H,26,29). The van der Waals surface area contributed by atoms with Gasteiger partial charge in [0, 0.05) is 11.1 Å². The number of nitro benzene ring substituents is 1. The lowest BCUT2D eigenvalue weighted by molar-refractivity contribution is -0.384. The van der Waals surface area contributed by atoms with Crippen LogP contribution in [0.3, 0.4) is 0 Å². The van der Waals surface area contributed by atoms with Crippen LogP contribution < -0.4 is 20.5 Å². The lowest BCUT2D eigenvalue weighted by atomic mass is 10.0. The number of benzene rings is 3. The highest BCUT2D eigenvalue weighted by Crippen LogP contribution is 2.39. The topological polar surface area (TPSA) is 134 Å². The van der Waals surface area contributed by atoms with Crippen LogP contribution in [0.15, 0.2) is 66.7 Å². The number of nitrogen functional groups attached to an aromatic ring is 1. The second-order valence-corrected chi connectivity index (χ2v) is 8.16. The molecule has 0 aliphatic carbocycles. The highest BCUT2D eigenvalue weighted by atomic mass is 16.6. The average Bonchev–Trinajstić information content (AvgIpc) is 2.74. The molecule has 170 valence electrons. The molecule has 3 aromatic carbocycles. The third-order valence-corrected chi connectivity index (χ3v) is 4.38. The molecule has 0 aliphatic rings. The molecule has 0 aliphatic heterocycles. The number of hydrogen-bond acceptors (Lipinski definition) is 7. The van der Waals surface area contributed by atoms with Crippen molar-refractivity contribution in [3.05, 3.63) is 88.0 Å². The zero-order valence-electron chi connectivity index (χ0n) is 18.3. The smallest absolute Gasteiger partial charge is 0.413 e. The Hall–Kier alpha value is -4.40. The summed E-state index contributed by atoms with van der Waals surface area (Å²) in [6.45, 7) is 5.47. The summed E-state index contributed by atoms with van der Waals surface area (Å²) in [4.78, 5) is 35.6. The van der Waals surface area contributed by atoms with Crippen molar-refractivity contribution >= 4 is 23.3 Å². The molecular weight excluding hydrogens is 426 g/mol. The van der Waals surface area contributed by atoms with Gasteiger partial charge in [-0.1, -0.05) is 30.3 Å². The summed E-state index contributed by atoms with van der Waals surface area (Å²) < 4.78 is 10.8. The zero-order chi connectivity index (χ0) is 24.2. The Morgan fingerprint density at radius 1 is 0.939 bits per heavy atom. The predicted octanol–water partition coefficient (Wildman–Crippen LogP) is 5.09. The van der Waals surface area contributed by atoms with Crippen molar-refractivity contribution in [3.63, 3.8) is 0 Å². The van der Waals surface area contributed by atoms with Gasteiger partial charge in [0.25, 0.3) is 0 Å². The molecule has 0 radical (unpaired) electrons. The Morgan fingerprint density at radius 3 is 2.12 bits per heavy atom. The molecule has 9 heteroatoms. The molecule has 0 unspecified atom stereocenters. The van der Waals surface area contributed by atoms with E-state index in [1.807, 2.05) is 20.8 Å². The molecular formula is C24H23N3O6. The van der Waals surface area contributed by atoms with Crippen LogP contribution in [0.5, 0.6) is 17.2 Å². The number of anilines is 1. The van der Waals surface area contributed by atoms with Gasteiger partial charge in [-0.3, -0.25) is 14.9 Å². The number of nitrogens with zero attached hydrogens (tertiary/aromatic N) is 1. The molecule has 9 nitrogen and oxygen atoms in total. The highest BCUT2D eigenvalue weighted by molar-refractivity contribution is 6.13. The van der Waals surface area contributed by atoms with Crippen LogP contribution in [0.25, 0.3) is 0 Å². The van der Waals surface area contributed by atoms with Gasteiger partial charge in [0.05, 0.1) is 10.5 Å². The predicted molar refractivity (Wildman–Crippen MR) is 123 cm³/mol. The molecule has 0 saturated carbocycles. The number of hydrogen-bond donors (Lipinski definition) is 2. The summed E-state index contributed by atoms with van der Waals surface area (Å²) in [7, 11) is 0. The van der Waals surface area contributed by atoms with Gasteiger partial charge in [-0.05, 0) is 57.2 Å². The second kappa shape index (κ2) is 9.39. The van der Waals surface area contributed by atoms with Crippen LogP contribution in [0.2, 0.25) is 0 Å². The molecule has 1 amide bonds. The third kappa shape index (κ3) is 5.85. The van der Waals surface area contributed by atoms with E-state index in [1.54, 1.807) is 30.3 Å². The van der Waals surface area contributed by atoms with E-state index in [0.29, 0.717) is 5.56 Å². The molecule has 0 heterocycles. The molecule has 3 N–H and O–H groups in total. The van der Waals surface area contributed by atoms with Crippen LogP contribution in [-0.4, -0.2) is 22.3 Å². The number of amides is 1. The Kier molecular flexibility index (Phi) is 6.62. The molecule has 0 fully saturated rings. The summed E-state index contributed by atoms with van der Waals surface area (Å²) in [5.41, 5.74) is 5.12. The minimum absolute atomic E-state index is 0.00820. The van der Waals surface area contributed by atoms with E-state index in [0.717, 1.165) is 0 Å². The van der Waals surface area contributed by atoms with Crippen molar-refractivity contribution in [2.75, 3.05) is 5.73 Å². The van der Waals surface area contributed by atoms with E-state index >= 15 is 0 Å². The Morgan fingerprint density at radius 2 is 1.55 bits per heavy atom. The van der Waals surface area contributed by atoms with Crippen LogP contribution >= 0.6 is 0 Å². The number of carbonyl (C=O) groups is 2. The van der Waals surface area contributed by atoms with Crippen LogP contribution in [-0.2, 0) is 0 Å². The van der Waals surface area contributed by atoms with Gasteiger partial charge in [0.15, 0.2) is 5.78 Å². The molecule has 3 rings (SSSR count). The van der Waals surface area contributed by atoms with Gasteiger partial charge < -0.3 is 20.5 Å². The molecule has 0 spiro atoms. The molecule has 0 atom stereocenters. The summed E-state index contributed by atoms with van der Waals surface area (Å²) in [5, 5.41) is 14.4. The first kappa shape index (κ1) is 23.3. The second-order valence-electron chi connectivity index (χ2n) is 8.16. The van der Waals surface area contributed by atoms with Crippen molar-refractivity contribution in [3.8, 4) is 17.2 Å². The molecule has 3 aromatic rings. The highest BCUT2D eigenvalue weighted by Gasteiger charge is 2.26. The van der Waals surface area contributed by atoms with E-state index in [2.05, 4.69) is 5.32 Å². The first-order chi connectivity index (χ1) is 15.5. The van der Waals surface area contributed by atoms with E-state index in [1.165, 1.54) is 36.4 Å². The molecule has 0 aromatic heterocycles. The normalized spacial score (nSPS) is 10.9. The minimum atomic E-state index is -0.694. The third-order valence-electron chi connectivity index (χ3n) is 4.38. The Balaban J connectivity index is 1.82. The van der Waals surface area contributed by atoms with Crippen LogP contribution in [0, 0.1) is 10.1 Å². The molecule has 0 saturated heterocycles. The summed E-state index contributed by atoms with van der Waals surface area (Å²) in [6.07, 6.45) is -0.613. The van der Waals surface area contributed by atoms with Crippen molar-refractivity contribution in [2.45, 2.75) is 26.3 Å². The van der Waals surface area contributed by atoms with Crippen molar-refractivity contribution in [2.24, 2.45) is 0 Å². The van der Waals surface area contributed by atoms with E-state index in [-0.39, 0.29) is 28.5 Å². The lowest BCUT2D eigenvalue weighted by Crippen LogP contribution is -2.42. The van der Waals surface area contributed by atoms with Gasteiger partial charge in [-0.25, -0.2) is 4.79 Å². The quantitative estimate of drug-likeness (QED) is 0.232. The zero-order valence-corrected chi connectivity index (χ0v) is 18.3. The van der Waals surface area contributed by atoms with Gasteiger partial charge >= 0.3 is 11.8 Å². The molecule has 33 heavy (non-hydrogen) atoms. The van der Waals surface area contributed by atoms with Gasteiger partial charge in [0.2, 0.25) is 5.75 Å². The summed E-state index contributed by atoms with van der Waals surface area (Å²) >= 11 is 0. The SMILES string of the molecule is CC(C)(C)NC(=O)Oc1ccc(Oc2ccc(C(=O)c3ccccc3)c(N)c2[N+](=O)[O-])cc1. The van der Waals surface area contributed by atoms with Crippen molar-refractivity contribution in [1.29, 1.82) is 0 Å². The maximum absolute atomic E-state index is 12.7. The number of rotatable bonds is 6. The first-order valence-electron chi connectivity index (χ1n) is 9.99. The summed E-state index contributed by atoms with van der Waals surface area (Å²) in [6, 6.07) is 17.0. The summed E-state index contributed by atoms with van der Waals surface area (Å²) in [5.74, 6) is -0.0378. The Labute approximate surface area is 190 Å². The Bertz CT molecular complexity index is 1190. The fourth-order valence-corrected chi connectivity index (χ4v) is 2.94. The maximum Gasteiger partial charge on any atom is 0.413 e. The monoisotopic (exact) mass is 449 g/mol. The molecule has 0 bridgehead atoms. The van der Waals surface area contributed by atoms with Gasteiger partial charge in [0.1, 0.15) is 17.2 Å². The number of ketones is 1. The van der Waals surface area contributed by atoms with Gasteiger partial charge in [-0.15, -0.1) is 0 Å². The van der Waals surface area contributed by atoms with Crippen LogP contribution in [0.4, 0.5) is 16.2 Å². The van der Waals surface area contributed by atoms with Gasteiger partial charge in [-0.2, -0.15) is 0 Å². The average molecular weight is 449 g/mol. The van der Waals surface area contributed by atoms with Crippen molar-refractivity contribution in [1.82, 2.24) is 5.32 Å².